The summed E-state index contributed by atoms with van der Waals surface area (Å²) >= 11 is 0. The van der Waals surface area contributed by atoms with Crippen molar-refractivity contribution in [2.75, 3.05) is 19.7 Å². The Morgan fingerprint density at radius 3 is 2.69 bits per heavy atom. The minimum absolute atomic E-state index is 0.0197. The van der Waals surface area contributed by atoms with E-state index in [9.17, 15) is 14.7 Å². The molecular formula is C34H43F2NO5. The maximum atomic E-state index is 17.6. The molecule has 1 aromatic rings. The molecule has 6 rings (SSSR count). The SMILES string of the molecule is CCCCOC(=O)[C@@]12ON(CCCc3ccccc3)C[C@@H]1C[C@H]1[C@@H]3CC(F)=C4CC(=O)C=C[C@]4(C)[C@@]3(F)[C@@H](O)C[C@@]12C. The number of ether oxygens (including phenoxy) is 1. The van der Waals surface area contributed by atoms with Gasteiger partial charge in [0, 0.05) is 48.6 Å². The standard InChI is InChI=1S/C34H43F2NO5/c1-4-5-16-41-30(40)34-23(21-37(42-34)15-9-12-22-10-7-6-8-11-22)17-25-26-19-28(35)27-18-24(38)13-14-31(27,2)33(26,36)29(39)20-32(25,34)3/h6-8,10-11,13-14,23,25-26,29,39H,4-5,9,12,15-21H2,1-3H3/t23-,25-,26-,29-,31-,32-,33-,34-/m0/s1. The lowest BCUT2D eigenvalue weighted by atomic mass is 9.45. The number of hydrogen-bond acceptors (Lipinski definition) is 6. The first kappa shape index (κ1) is 29.6. The summed E-state index contributed by atoms with van der Waals surface area (Å²) in [5, 5.41) is 13.6. The summed E-state index contributed by atoms with van der Waals surface area (Å²) in [6.45, 7) is 6.91. The largest absolute Gasteiger partial charge is 0.463 e. The monoisotopic (exact) mass is 583 g/mol. The van der Waals surface area contributed by atoms with Crippen molar-refractivity contribution in [2.24, 2.45) is 28.6 Å². The van der Waals surface area contributed by atoms with E-state index < -0.39 is 51.8 Å². The molecule has 0 unspecified atom stereocenters. The van der Waals surface area contributed by atoms with Crippen LogP contribution in [-0.2, 0) is 25.6 Å². The number of carbonyl (C=O) groups is 2. The molecule has 0 radical (unpaired) electrons. The molecule has 6 nitrogen and oxygen atoms in total. The van der Waals surface area contributed by atoms with Gasteiger partial charge in [0.25, 0.3) is 0 Å². The number of allylic oxidation sites excluding steroid dienone is 4. The van der Waals surface area contributed by atoms with Gasteiger partial charge in [0.05, 0.1) is 12.7 Å². The number of fused-ring (bicyclic) bond motifs is 7. The predicted molar refractivity (Wildman–Crippen MR) is 153 cm³/mol. The summed E-state index contributed by atoms with van der Waals surface area (Å²) < 4.78 is 39.3. The second-order valence-corrected chi connectivity index (χ2v) is 13.6. The second kappa shape index (κ2) is 10.6. The molecule has 42 heavy (non-hydrogen) atoms. The van der Waals surface area contributed by atoms with Crippen LogP contribution in [0, 0.1) is 28.6 Å². The molecule has 1 heterocycles. The maximum absolute atomic E-state index is 17.6. The predicted octanol–water partition coefficient (Wildman–Crippen LogP) is 5.84. The van der Waals surface area contributed by atoms with Crippen molar-refractivity contribution in [3.63, 3.8) is 0 Å². The Morgan fingerprint density at radius 2 is 1.95 bits per heavy atom. The molecule has 4 aliphatic carbocycles. The number of hydroxylamine groups is 2. The number of hydrogen-bond donors (Lipinski definition) is 1. The Labute approximate surface area is 247 Å². The van der Waals surface area contributed by atoms with E-state index in [1.54, 1.807) is 6.92 Å². The number of ketones is 1. The fourth-order valence-corrected chi connectivity index (χ4v) is 9.29. The number of esters is 1. The normalized spacial score (nSPS) is 40.9. The summed E-state index contributed by atoms with van der Waals surface area (Å²) in [7, 11) is 0. The lowest BCUT2D eigenvalue weighted by Crippen LogP contribution is -2.69. The molecule has 0 amide bonds. The molecule has 3 fully saturated rings. The van der Waals surface area contributed by atoms with Crippen molar-refractivity contribution in [3.8, 4) is 0 Å². The molecule has 8 heteroatoms. The number of alkyl halides is 1. The van der Waals surface area contributed by atoms with Crippen LogP contribution < -0.4 is 0 Å². The summed E-state index contributed by atoms with van der Waals surface area (Å²) in [5.74, 6) is -2.77. The van der Waals surface area contributed by atoms with Gasteiger partial charge in [0.1, 0.15) is 5.83 Å². The number of benzene rings is 1. The van der Waals surface area contributed by atoms with Gasteiger partial charge in [-0.3, -0.25) is 9.63 Å². The van der Waals surface area contributed by atoms with Crippen LogP contribution in [0.4, 0.5) is 8.78 Å². The van der Waals surface area contributed by atoms with E-state index in [1.807, 2.05) is 37.1 Å². The third kappa shape index (κ3) is 4.11. The Hall–Kier alpha value is -2.42. The summed E-state index contributed by atoms with van der Waals surface area (Å²) in [5.41, 5.74) is -4.61. The van der Waals surface area contributed by atoms with Gasteiger partial charge in [-0.15, -0.1) is 0 Å². The molecule has 0 spiro atoms. The van der Waals surface area contributed by atoms with Gasteiger partial charge in [-0.05, 0) is 62.2 Å². The molecule has 2 saturated carbocycles. The smallest absolute Gasteiger partial charge is 0.341 e. The lowest BCUT2D eigenvalue weighted by molar-refractivity contribution is -0.272. The van der Waals surface area contributed by atoms with Gasteiger partial charge in [-0.25, -0.2) is 13.6 Å². The average Bonchev–Trinajstić information content (AvgIpc) is 3.44. The minimum Gasteiger partial charge on any atom is -0.463 e. The third-order valence-corrected chi connectivity index (χ3v) is 11.5. The maximum Gasteiger partial charge on any atom is 0.341 e. The Balaban J connectivity index is 1.33. The zero-order chi connectivity index (χ0) is 29.9. The van der Waals surface area contributed by atoms with E-state index in [4.69, 9.17) is 9.57 Å². The van der Waals surface area contributed by atoms with E-state index >= 15 is 8.78 Å². The summed E-state index contributed by atoms with van der Waals surface area (Å²) in [6.07, 6.45) is 4.66. The van der Waals surface area contributed by atoms with Crippen LogP contribution in [0.3, 0.4) is 0 Å². The molecule has 1 saturated heterocycles. The molecule has 1 N–H and O–H groups in total. The van der Waals surface area contributed by atoms with Crippen LogP contribution in [0.25, 0.3) is 0 Å². The zero-order valence-corrected chi connectivity index (χ0v) is 24.9. The molecule has 0 bridgehead atoms. The van der Waals surface area contributed by atoms with E-state index in [0.29, 0.717) is 25.9 Å². The number of nitrogens with zero attached hydrogens (tertiary/aromatic N) is 1. The molecule has 8 atom stereocenters. The Morgan fingerprint density at radius 1 is 1.19 bits per heavy atom. The van der Waals surface area contributed by atoms with Crippen molar-refractivity contribution in [3.05, 3.63) is 59.4 Å². The zero-order valence-electron chi connectivity index (χ0n) is 24.9. The highest BCUT2D eigenvalue weighted by Gasteiger charge is 2.80. The number of aliphatic hydroxyl groups is 1. The first-order chi connectivity index (χ1) is 20.0. The number of carbonyl (C=O) groups excluding carboxylic acids is 2. The highest BCUT2D eigenvalue weighted by atomic mass is 19.1. The van der Waals surface area contributed by atoms with Gasteiger partial charge in [0.2, 0.25) is 0 Å². The van der Waals surface area contributed by atoms with Crippen LogP contribution in [0.5, 0.6) is 0 Å². The lowest BCUT2D eigenvalue weighted by Gasteiger charge is -2.62. The minimum atomic E-state index is -2.18. The van der Waals surface area contributed by atoms with E-state index in [1.165, 1.54) is 17.7 Å². The number of unbranched alkanes of at least 4 members (excludes halogenated alkanes) is 1. The van der Waals surface area contributed by atoms with Crippen LogP contribution in [0.2, 0.25) is 0 Å². The first-order valence-electron chi connectivity index (χ1n) is 15.6. The third-order valence-electron chi connectivity index (χ3n) is 11.5. The van der Waals surface area contributed by atoms with E-state index in [2.05, 4.69) is 12.1 Å². The van der Waals surface area contributed by atoms with E-state index in [-0.39, 0.29) is 43.1 Å². The molecule has 5 aliphatic rings. The van der Waals surface area contributed by atoms with Crippen molar-refractivity contribution in [2.45, 2.75) is 89.5 Å². The topological polar surface area (TPSA) is 76.1 Å². The highest BCUT2D eigenvalue weighted by Crippen LogP contribution is 2.72. The quantitative estimate of drug-likeness (QED) is 0.306. The summed E-state index contributed by atoms with van der Waals surface area (Å²) in [4.78, 5) is 32.9. The number of aliphatic hydroxyl groups excluding tert-OH is 1. The molecule has 1 aliphatic heterocycles. The average molecular weight is 584 g/mol. The van der Waals surface area contributed by atoms with Gasteiger partial charge in [-0.2, -0.15) is 5.06 Å². The Kier molecular flexibility index (Phi) is 7.51. The van der Waals surface area contributed by atoms with Crippen LogP contribution in [0.15, 0.2) is 53.9 Å². The van der Waals surface area contributed by atoms with Gasteiger partial charge >= 0.3 is 5.97 Å². The summed E-state index contributed by atoms with van der Waals surface area (Å²) in [6, 6.07) is 10.2. The fraction of sp³-hybridized carbons (Fsp3) is 0.647. The second-order valence-electron chi connectivity index (χ2n) is 13.6. The fourth-order valence-electron chi connectivity index (χ4n) is 9.29. The van der Waals surface area contributed by atoms with Gasteiger partial charge in [-0.1, -0.05) is 56.7 Å². The highest BCUT2D eigenvalue weighted by molar-refractivity contribution is 5.93. The Bertz CT molecular complexity index is 1300. The van der Waals surface area contributed by atoms with E-state index in [0.717, 1.165) is 19.3 Å². The number of halogens is 2. The van der Waals surface area contributed by atoms with Gasteiger partial charge < -0.3 is 9.84 Å². The molecule has 1 aromatic carbocycles. The first-order valence-corrected chi connectivity index (χ1v) is 15.6. The molecular weight excluding hydrogens is 540 g/mol. The van der Waals surface area contributed by atoms with Gasteiger partial charge in [0.15, 0.2) is 17.1 Å². The van der Waals surface area contributed by atoms with Crippen molar-refractivity contribution in [1.29, 1.82) is 0 Å². The van der Waals surface area contributed by atoms with Crippen molar-refractivity contribution in [1.82, 2.24) is 5.06 Å². The number of rotatable bonds is 8. The van der Waals surface area contributed by atoms with Crippen molar-refractivity contribution >= 4 is 11.8 Å². The number of aryl methyl sites for hydroxylation is 1. The van der Waals surface area contributed by atoms with Crippen LogP contribution in [0.1, 0.15) is 71.3 Å². The molecule has 0 aromatic heterocycles. The van der Waals surface area contributed by atoms with Crippen LogP contribution >= 0.6 is 0 Å². The molecule has 228 valence electrons. The van der Waals surface area contributed by atoms with Crippen LogP contribution in [-0.4, -0.2) is 59.0 Å². The van der Waals surface area contributed by atoms with Crippen molar-refractivity contribution < 1.29 is 33.1 Å².